The van der Waals surface area contributed by atoms with E-state index in [9.17, 15) is 4.39 Å². The summed E-state index contributed by atoms with van der Waals surface area (Å²) < 4.78 is 31.4. The van der Waals surface area contributed by atoms with E-state index >= 15 is 0 Å². The Hall–Kier alpha value is -1.41. The highest BCUT2D eigenvalue weighted by Gasteiger charge is 2.38. The number of hydrogen-bond donors (Lipinski definition) is 0. The fourth-order valence-electron chi connectivity index (χ4n) is 4.68. The molecular formula is C27H39Cl2FN2O3. The summed E-state index contributed by atoms with van der Waals surface area (Å²) in [6, 6.07) is 14.8. The van der Waals surface area contributed by atoms with E-state index in [1.165, 1.54) is 17.7 Å². The van der Waals surface area contributed by atoms with Gasteiger partial charge in [0.15, 0.2) is 5.79 Å². The van der Waals surface area contributed by atoms with Crippen LogP contribution in [0.5, 0.6) is 5.75 Å². The van der Waals surface area contributed by atoms with Gasteiger partial charge >= 0.3 is 0 Å². The second-order valence-electron chi connectivity index (χ2n) is 9.34. The average molecular weight is 530 g/mol. The smallest absolute Gasteiger partial charge is 0.195 e. The van der Waals surface area contributed by atoms with E-state index < -0.39 is 5.79 Å². The van der Waals surface area contributed by atoms with Crippen molar-refractivity contribution in [1.29, 1.82) is 0 Å². The van der Waals surface area contributed by atoms with Crippen molar-refractivity contribution in [3.8, 4) is 5.75 Å². The van der Waals surface area contributed by atoms with Crippen LogP contribution in [-0.4, -0.2) is 68.9 Å². The van der Waals surface area contributed by atoms with E-state index in [2.05, 4.69) is 48.0 Å². The molecule has 0 bridgehead atoms. The van der Waals surface area contributed by atoms with Crippen molar-refractivity contribution < 1.29 is 18.6 Å². The van der Waals surface area contributed by atoms with Crippen LogP contribution >= 0.6 is 24.8 Å². The number of benzene rings is 2. The summed E-state index contributed by atoms with van der Waals surface area (Å²) in [5.74, 6) is 0.0122. The van der Waals surface area contributed by atoms with Crippen LogP contribution in [0.2, 0.25) is 0 Å². The molecule has 2 aliphatic rings. The van der Waals surface area contributed by atoms with E-state index in [-0.39, 0.29) is 30.6 Å². The summed E-state index contributed by atoms with van der Waals surface area (Å²) in [5, 5.41) is 0. The second-order valence-corrected chi connectivity index (χ2v) is 9.34. The average Bonchev–Trinajstić information content (AvgIpc) is 3.30. The molecule has 2 aromatic carbocycles. The molecule has 0 aromatic heterocycles. The lowest BCUT2D eigenvalue weighted by molar-refractivity contribution is -0.172. The predicted octanol–water partition coefficient (Wildman–Crippen LogP) is 5.43. The van der Waals surface area contributed by atoms with Gasteiger partial charge in [-0.2, -0.15) is 0 Å². The molecule has 2 fully saturated rings. The number of aryl methyl sites for hydroxylation is 1. The zero-order chi connectivity index (χ0) is 23.1. The van der Waals surface area contributed by atoms with E-state index in [0.717, 1.165) is 69.7 Å². The monoisotopic (exact) mass is 528 g/mol. The number of halogens is 3. The SMILES string of the molecule is Cc1ccc(OC2CCN(CCN(C)CCCC3(c4ccc(F)cc4)OCCO3)CC2)cc1.Cl.Cl. The van der Waals surface area contributed by atoms with Gasteiger partial charge in [-0.3, -0.25) is 0 Å². The van der Waals surface area contributed by atoms with Gasteiger partial charge in [0.2, 0.25) is 0 Å². The molecule has 0 radical (unpaired) electrons. The molecule has 0 N–H and O–H groups in total. The maximum atomic E-state index is 13.3. The van der Waals surface area contributed by atoms with Gasteiger partial charge in [-0.05, 0) is 64.0 Å². The van der Waals surface area contributed by atoms with E-state index in [0.29, 0.717) is 19.3 Å². The molecule has 0 unspecified atom stereocenters. The highest BCUT2D eigenvalue weighted by atomic mass is 35.5. The lowest BCUT2D eigenvalue weighted by atomic mass is 10.0. The molecule has 2 aliphatic heterocycles. The van der Waals surface area contributed by atoms with E-state index in [1.54, 1.807) is 12.1 Å². The third-order valence-corrected chi connectivity index (χ3v) is 6.74. The number of ether oxygens (including phenoxy) is 3. The first-order valence-electron chi connectivity index (χ1n) is 12.2. The molecule has 8 heteroatoms. The van der Waals surface area contributed by atoms with Crippen LogP contribution in [0, 0.1) is 12.7 Å². The van der Waals surface area contributed by atoms with Gasteiger partial charge in [-0.1, -0.05) is 29.8 Å². The highest BCUT2D eigenvalue weighted by molar-refractivity contribution is 5.85. The first kappa shape index (κ1) is 29.8. The normalized spacial score (nSPS) is 18.2. The minimum Gasteiger partial charge on any atom is -0.490 e. The van der Waals surface area contributed by atoms with Gasteiger partial charge in [0.1, 0.15) is 17.7 Å². The molecule has 2 saturated heterocycles. The highest BCUT2D eigenvalue weighted by Crippen LogP contribution is 2.36. The lowest BCUT2D eigenvalue weighted by Crippen LogP contribution is -2.41. The molecule has 0 spiro atoms. The van der Waals surface area contributed by atoms with E-state index in [4.69, 9.17) is 14.2 Å². The first-order valence-corrected chi connectivity index (χ1v) is 12.2. The fourth-order valence-corrected chi connectivity index (χ4v) is 4.68. The predicted molar refractivity (Wildman–Crippen MR) is 142 cm³/mol. The molecule has 2 heterocycles. The molecule has 2 aromatic rings. The quantitative estimate of drug-likeness (QED) is 0.410. The van der Waals surface area contributed by atoms with E-state index in [1.807, 2.05) is 0 Å². The number of rotatable bonds is 10. The number of hydrogen-bond acceptors (Lipinski definition) is 5. The van der Waals surface area contributed by atoms with Crippen molar-refractivity contribution in [3.63, 3.8) is 0 Å². The summed E-state index contributed by atoms with van der Waals surface area (Å²) in [7, 11) is 2.17. The molecule has 0 amide bonds. The largest absolute Gasteiger partial charge is 0.490 e. The van der Waals surface area contributed by atoms with Crippen molar-refractivity contribution in [3.05, 3.63) is 65.5 Å². The van der Waals surface area contributed by atoms with Crippen LogP contribution in [-0.2, 0) is 15.3 Å². The second kappa shape index (κ2) is 14.4. The summed E-state index contributed by atoms with van der Waals surface area (Å²) in [4.78, 5) is 4.91. The van der Waals surface area contributed by atoms with Gasteiger partial charge in [-0.25, -0.2) is 4.39 Å². The number of likely N-dealkylation sites (tertiary alicyclic amines) is 1. The van der Waals surface area contributed by atoms with Crippen LogP contribution in [0.25, 0.3) is 0 Å². The molecule has 0 aliphatic carbocycles. The topological polar surface area (TPSA) is 34.2 Å². The lowest BCUT2D eigenvalue weighted by Gasteiger charge is -2.33. The Morgan fingerprint density at radius 2 is 1.60 bits per heavy atom. The zero-order valence-electron chi connectivity index (χ0n) is 20.8. The van der Waals surface area contributed by atoms with Crippen LogP contribution in [0.15, 0.2) is 48.5 Å². The standard InChI is InChI=1S/C27H37FN2O3.2ClH/c1-22-4-10-25(11-5-22)33-26-12-16-30(17-13-26)19-18-29(2)15-3-14-27(31-20-21-32-27)23-6-8-24(28)9-7-23;;/h4-11,26H,3,12-21H2,1-2H3;2*1H. The Morgan fingerprint density at radius 3 is 2.23 bits per heavy atom. The maximum Gasteiger partial charge on any atom is 0.195 e. The van der Waals surface area contributed by atoms with Gasteiger partial charge in [-0.15, -0.1) is 24.8 Å². The Bertz CT molecular complexity index is 856. The third-order valence-electron chi connectivity index (χ3n) is 6.74. The van der Waals surface area contributed by atoms with Crippen molar-refractivity contribution in [2.24, 2.45) is 0 Å². The minimum absolute atomic E-state index is 0. The Labute approximate surface area is 221 Å². The van der Waals surface area contributed by atoms with Crippen molar-refractivity contribution in [2.45, 2.75) is 44.5 Å². The van der Waals surface area contributed by atoms with Crippen LogP contribution in [0.4, 0.5) is 4.39 Å². The molecule has 196 valence electrons. The van der Waals surface area contributed by atoms with Gasteiger partial charge < -0.3 is 24.0 Å². The molecule has 5 nitrogen and oxygen atoms in total. The van der Waals surface area contributed by atoms with Gasteiger partial charge in [0.25, 0.3) is 0 Å². The third kappa shape index (κ3) is 8.59. The molecule has 35 heavy (non-hydrogen) atoms. The number of nitrogens with zero attached hydrogens (tertiary/aromatic N) is 2. The first-order chi connectivity index (χ1) is 16.0. The summed E-state index contributed by atoms with van der Waals surface area (Å²) in [5.41, 5.74) is 2.16. The molecule has 0 atom stereocenters. The van der Waals surface area contributed by atoms with Gasteiger partial charge in [0.05, 0.1) is 13.2 Å². The van der Waals surface area contributed by atoms with Crippen molar-refractivity contribution in [2.75, 3.05) is 53.0 Å². The number of likely N-dealkylation sites (N-methyl/N-ethyl adjacent to an activating group) is 1. The summed E-state index contributed by atoms with van der Waals surface area (Å²) in [6.07, 6.45) is 4.19. The van der Waals surface area contributed by atoms with Crippen LogP contribution < -0.4 is 4.74 Å². The zero-order valence-corrected chi connectivity index (χ0v) is 22.4. The molecule has 4 rings (SSSR count). The maximum absolute atomic E-state index is 13.3. The Balaban J connectivity index is 0.00000216. The van der Waals surface area contributed by atoms with Crippen molar-refractivity contribution >= 4 is 24.8 Å². The Morgan fingerprint density at radius 1 is 0.971 bits per heavy atom. The summed E-state index contributed by atoms with van der Waals surface area (Å²) >= 11 is 0. The number of piperidine rings is 1. The van der Waals surface area contributed by atoms with Crippen molar-refractivity contribution in [1.82, 2.24) is 9.80 Å². The van der Waals surface area contributed by atoms with Crippen LogP contribution in [0.3, 0.4) is 0 Å². The molecule has 0 saturated carbocycles. The molecular weight excluding hydrogens is 490 g/mol. The minimum atomic E-state index is -0.728. The van der Waals surface area contributed by atoms with Crippen LogP contribution in [0.1, 0.15) is 36.8 Å². The summed E-state index contributed by atoms with van der Waals surface area (Å²) in [6.45, 7) is 8.51. The Kier molecular flexibility index (Phi) is 12.2. The fraction of sp³-hybridized carbons (Fsp3) is 0.556. The van der Waals surface area contributed by atoms with Gasteiger partial charge in [0, 0.05) is 38.2 Å².